The predicted octanol–water partition coefficient (Wildman–Crippen LogP) is 4.04. The van der Waals surface area contributed by atoms with Gasteiger partial charge < -0.3 is 9.84 Å². The molecule has 0 spiro atoms. The van der Waals surface area contributed by atoms with Crippen LogP contribution in [-0.2, 0) is 6.54 Å². The summed E-state index contributed by atoms with van der Waals surface area (Å²) in [6.45, 7) is 6.15. The second-order valence-corrected chi connectivity index (χ2v) is 7.22. The monoisotopic (exact) mass is 339 g/mol. The number of aliphatic hydroxyl groups excluding tert-OH is 1. The summed E-state index contributed by atoms with van der Waals surface area (Å²) in [7, 11) is 0. The van der Waals surface area contributed by atoms with Gasteiger partial charge in [-0.1, -0.05) is 48.5 Å². The molecule has 0 aromatic heterocycles. The Balaban J connectivity index is 1.58. The number of rotatable bonds is 9. The van der Waals surface area contributed by atoms with E-state index in [0.717, 1.165) is 23.8 Å². The standard InChI is InChI=1S/C22H29NO2/c1-17-8-6-7-11-22(17)25-16-21(24)15-23(18(2)20-12-13-20)14-19-9-4-3-5-10-19/h3-11,18,20-21,24H,12-16H2,1-2H3. The van der Waals surface area contributed by atoms with Crippen molar-refractivity contribution in [3.8, 4) is 5.75 Å². The zero-order valence-electron chi connectivity index (χ0n) is 15.3. The van der Waals surface area contributed by atoms with Crippen molar-refractivity contribution in [3.05, 3.63) is 65.7 Å². The topological polar surface area (TPSA) is 32.7 Å². The molecule has 25 heavy (non-hydrogen) atoms. The number of nitrogens with zero attached hydrogens (tertiary/aromatic N) is 1. The Labute approximate surface area is 151 Å². The Bertz CT molecular complexity index is 654. The SMILES string of the molecule is Cc1ccccc1OCC(O)CN(Cc1ccccc1)C(C)C1CC1. The average Bonchev–Trinajstić information content (AvgIpc) is 3.46. The van der Waals surface area contributed by atoms with Crippen LogP contribution < -0.4 is 4.74 Å². The van der Waals surface area contributed by atoms with E-state index in [0.29, 0.717) is 19.2 Å². The highest BCUT2D eigenvalue weighted by atomic mass is 16.5. The Kier molecular flexibility index (Phi) is 6.11. The normalized spacial score (nSPS) is 16.6. The van der Waals surface area contributed by atoms with Crippen molar-refractivity contribution >= 4 is 0 Å². The van der Waals surface area contributed by atoms with Gasteiger partial charge in [0.05, 0.1) is 0 Å². The Hall–Kier alpha value is -1.84. The molecule has 1 aliphatic rings. The van der Waals surface area contributed by atoms with Crippen molar-refractivity contribution in [2.75, 3.05) is 13.2 Å². The number of para-hydroxylation sites is 1. The average molecular weight is 339 g/mol. The minimum absolute atomic E-state index is 0.327. The van der Waals surface area contributed by atoms with Crippen molar-refractivity contribution in [1.29, 1.82) is 0 Å². The van der Waals surface area contributed by atoms with Crippen LogP contribution in [0.3, 0.4) is 0 Å². The molecule has 2 unspecified atom stereocenters. The van der Waals surface area contributed by atoms with Gasteiger partial charge in [0.2, 0.25) is 0 Å². The molecule has 0 saturated heterocycles. The number of aliphatic hydroxyl groups is 1. The zero-order chi connectivity index (χ0) is 17.6. The summed E-state index contributed by atoms with van der Waals surface area (Å²) in [5, 5.41) is 10.5. The first-order chi connectivity index (χ1) is 12.1. The molecule has 0 bridgehead atoms. The van der Waals surface area contributed by atoms with E-state index in [1.54, 1.807) is 0 Å². The van der Waals surface area contributed by atoms with Gasteiger partial charge in [-0.15, -0.1) is 0 Å². The summed E-state index contributed by atoms with van der Waals surface area (Å²) >= 11 is 0. The zero-order valence-corrected chi connectivity index (χ0v) is 15.3. The molecule has 2 aromatic rings. The minimum Gasteiger partial charge on any atom is -0.491 e. The van der Waals surface area contributed by atoms with E-state index in [1.165, 1.54) is 18.4 Å². The minimum atomic E-state index is -0.496. The second-order valence-electron chi connectivity index (χ2n) is 7.22. The van der Waals surface area contributed by atoms with E-state index in [2.05, 4.69) is 36.1 Å². The number of benzene rings is 2. The van der Waals surface area contributed by atoms with Crippen LogP contribution in [0, 0.1) is 12.8 Å². The van der Waals surface area contributed by atoms with Gasteiger partial charge in [0.15, 0.2) is 0 Å². The number of ether oxygens (including phenoxy) is 1. The Morgan fingerprint density at radius 1 is 1.08 bits per heavy atom. The molecular formula is C22H29NO2. The van der Waals surface area contributed by atoms with Crippen molar-refractivity contribution in [1.82, 2.24) is 4.90 Å². The van der Waals surface area contributed by atoms with E-state index in [9.17, 15) is 5.11 Å². The highest BCUT2D eigenvalue weighted by Crippen LogP contribution is 2.35. The van der Waals surface area contributed by atoms with Gasteiger partial charge in [-0.2, -0.15) is 0 Å². The van der Waals surface area contributed by atoms with E-state index < -0.39 is 6.10 Å². The lowest BCUT2D eigenvalue weighted by Gasteiger charge is -2.31. The Morgan fingerprint density at radius 2 is 1.76 bits per heavy atom. The van der Waals surface area contributed by atoms with Crippen molar-refractivity contribution in [2.45, 2.75) is 45.4 Å². The van der Waals surface area contributed by atoms with E-state index >= 15 is 0 Å². The number of aryl methyl sites for hydroxylation is 1. The van der Waals surface area contributed by atoms with Gasteiger partial charge in [0.25, 0.3) is 0 Å². The molecule has 1 saturated carbocycles. The summed E-state index contributed by atoms with van der Waals surface area (Å²) in [6, 6.07) is 18.9. The molecule has 1 fully saturated rings. The molecule has 3 heteroatoms. The summed E-state index contributed by atoms with van der Waals surface area (Å²) in [4.78, 5) is 2.40. The fraction of sp³-hybridized carbons (Fsp3) is 0.455. The maximum Gasteiger partial charge on any atom is 0.122 e. The predicted molar refractivity (Wildman–Crippen MR) is 102 cm³/mol. The van der Waals surface area contributed by atoms with E-state index in [-0.39, 0.29) is 0 Å². The smallest absolute Gasteiger partial charge is 0.122 e. The fourth-order valence-corrected chi connectivity index (χ4v) is 3.30. The highest BCUT2D eigenvalue weighted by molar-refractivity contribution is 5.31. The Morgan fingerprint density at radius 3 is 2.44 bits per heavy atom. The molecule has 2 aromatic carbocycles. The molecule has 0 aliphatic heterocycles. The molecule has 0 amide bonds. The molecular weight excluding hydrogens is 310 g/mol. The maximum atomic E-state index is 10.5. The molecule has 1 N–H and O–H groups in total. The van der Waals surface area contributed by atoms with Crippen LogP contribution in [0.1, 0.15) is 30.9 Å². The molecule has 0 heterocycles. The van der Waals surface area contributed by atoms with Gasteiger partial charge in [-0.3, -0.25) is 4.90 Å². The van der Waals surface area contributed by atoms with Crippen LogP contribution >= 0.6 is 0 Å². The first-order valence-corrected chi connectivity index (χ1v) is 9.28. The van der Waals surface area contributed by atoms with Crippen molar-refractivity contribution in [3.63, 3.8) is 0 Å². The third-order valence-electron chi connectivity index (χ3n) is 5.08. The maximum absolute atomic E-state index is 10.5. The second kappa shape index (κ2) is 8.50. The van der Waals surface area contributed by atoms with E-state index in [1.807, 2.05) is 37.3 Å². The van der Waals surface area contributed by atoms with Crippen LogP contribution in [-0.4, -0.2) is 35.3 Å². The summed E-state index contributed by atoms with van der Waals surface area (Å²) in [5.74, 6) is 1.62. The van der Waals surface area contributed by atoms with Crippen LogP contribution in [0.2, 0.25) is 0 Å². The lowest BCUT2D eigenvalue weighted by molar-refractivity contribution is 0.0471. The molecule has 0 radical (unpaired) electrons. The largest absolute Gasteiger partial charge is 0.491 e. The van der Waals surface area contributed by atoms with Crippen molar-refractivity contribution in [2.24, 2.45) is 5.92 Å². The quantitative estimate of drug-likeness (QED) is 0.748. The first kappa shape index (κ1) is 18.0. The lowest BCUT2D eigenvalue weighted by Crippen LogP contribution is -2.41. The van der Waals surface area contributed by atoms with Crippen LogP contribution in [0.5, 0.6) is 5.75 Å². The van der Waals surface area contributed by atoms with Gasteiger partial charge in [-0.05, 0) is 49.8 Å². The first-order valence-electron chi connectivity index (χ1n) is 9.28. The van der Waals surface area contributed by atoms with Gasteiger partial charge in [0.1, 0.15) is 18.5 Å². The summed E-state index contributed by atoms with van der Waals surface area (Å²) in [5.41, 5.74) is 2.39. The van der Waals surface area contributed by atoms with Gasteiger partial charge >= 0.3 is 0 Å². The molecule has 3 nitrogen and oxygen atoms in total. The van der Waals surface area contributed by atoms with Crippen molar-refractivity contribution < 1.29 is 9.84 Å². The third-order valence-corrected chi connectivity index (χ3v) is 5.08. The molecule has 134 valence electrons. The number of hydrogen-bond acceptors (Lipinski definition) is 3. The van der Waals surface area contributed by atoms with Crippen LogP contribution in [0.4, 0.5) is 0 Å². The van der Waals surface area contributed by atoms with Gasteiger partial charge in [0, 0.05) is 19.1 Å². The molecule has 1 aliphatic carbocycles. The molecule has 3 rings (SSSR count). The highest BCUT2D eigenvalue weighted by Gasteiger charge is 2.32. The fourth-order valence-electron chi connectivity index (χ4n) is 3.30. The van der Waals surface area contributed by atoms with E-state index in [4.69, 9.17) is 4.74 Å². The van der Waals surface area contributed by atoms with Crippen LogP contribution in [0.25, 0.3) is 0 Å². The molecule has 2 atom stereocenters. The third kappa shape index (κ3) is 5.32. The number of hydrogen-bond donors (Lipinski definition) is 1. The lowest BCUT2D eigenvalue weighted by atomic mass is 10.1. The van der Waals surface area contributed by atoms with Crippen LogP contribution in [0.15, 0.2) is 54.6 Å². The summed E-state index contributed by atoms with van der Waals surface area (Å²) in [6.07, 6.45) is 2.12. The van der Waals surface area contributed by atoms with Gasteiger partial charge in [-0.25, -0.2) is 0 Å². The summed E-state index contributed by atoms with van der Waals surface area (Å²) < 4.78 is 5.83.